The Morgan fingerprint density at radius 2 is 1.34 bits per heavy atom. The first kappa shape index (κ1) is 22.9. The monoisotopic (exact) mass is 434 g/mol. The topological polar surface area (TPSA) is 35.5 Å². The third kappa shape index (κ3) is 5.74. The van der Waals surface area contributed by atoms with Crippen LogP contribution in [0.2, 0.25) is 0 Å². The van der Waals surface area contributed by atoms with Gasteiger partial charge in [0, 0.05) is 0 Å². The smallest absolute Gasteiger partial charge is 0.343 e. The quantitative estimate of drug-likeness (QED) is 0.329. The third-order valence-corrected chi connectivity index (χ3v) is 7.91. The molecule has 2 fully saturated rings. The van der Waals surface area contributed by atoms with Crippen LogP contribution in [0.4, 0.5) is 0 Å². The van der Waals surface area contributed by atoms with E-state index in [0.29, 0.717) is 17.2 Å². The molecule has 0 N–H and O–H groups in total. The predicted molar refractivity (Wildman–Crippen MR) is 129 cm³/mol. The molecule has 0 atom stereocenters. The SMILES string of the molecule is CCC[C@H]1CC[C@H]([C@H]2CC[C@H](c3ccc(OC(=O)c4ccc(OC)cc4)cc3)CC2)CC1. The second-order valence-electron chi connectivity index (χ2n) is 9.87. The van der Waals surface area contributed by atoms with Gasteiger partial charge in [-0.25, -0.2) is 4.79 Å². The first-order valence-electron chi connectivity index (χ1n) is 12.6. The Hall–Kier alpha value is -2.29. The van der Waals surface area contributed by atoms with E-state index in [0.717, 1.165) is 23.5 Å². The van der Waals surface area contributed by atoms with Crippen molar-refractivity contribution in [1.82, 2.24) is 0 Å². The Kier molecular flexibility index (Phi) is 7.89. The molecular formula is C29H38O3. The van der Waals surface area contributed by atoms with Gasteiger partial charge in [0.1, 0.15) is 11.5 Å². The highest BCUT2D eigenvalue weighted by Crippen LogP contribution is 2.44. The molecule has 0 aliphatic heterocycles. The number of carbonyl (C=O) groups excluding carboxylic acids is 1. The largest absolute Gasteiger partial charge is 0.497 e. The molecule has 2 aliphatic carbocycles. The summed E-state index contributed by atoms with van der Waals surface area (Å²) >= 11 is 0. The molecule has 0 radical (unpaired) electrons. The molecule has 3 heteroatoms. The fourth-order valence-electron chi connectivity index (χ4n) is 5.98. The van der Waals surface area contributed by atoms with Gasteiger partial charge >= 0.3 is 5.97 Å². The van der Waals surface area contributed by atoms with Crippen LogP contribution in [0.5, 0.6) is 11.5 Å². The zero-order valence-electron chi connectivity index (χ0n) is 19.7. The molecule has 32 heavy (non-hydrogen) atoms. The van der Waals surface area contributed by atoms with Crippen molar-refractivity contribution < 1.29 is 14.3 Å². The van der Waals surface area contributed by atoms with Gasteiger partial charge in [-0.3, -0.25) is 0 Å². The molecule has 2 saturated carbocycles. The molecule has 0 unspecified atom stereocenters. The number of benzene rings is 2. The molecule has 0 saturated heterocycles. The number of carbonyl (C=O) groups is 1. The Morgan fingerprint density at radius 1 is 0.781 bits per heavy atom. The summed E-state index contributed by atoms with van der Waals surface area (Å²) in [4.78, 5) is 12.4. The maximum Gasteiger partial charge on any atom is 0.343 e. The highest BCUT2D eigenvalue weighted by Gasteiger charge is 2.31. The third-order valence-electron chi connectivity index (χ3n) is 7.91. The van der Waals surface area contributed by atoms with Crippen LogP contribution in [0, 0.1) is 17.8 Å². The van der Waals surface area contributed by atoms with Gasteiger partial charge in [0.05, 0.1) is 12.7 Å². The first-order valence-corrected chi connectivity index (χ1v) is 12.6. The van der Waals surface area contributed by atoms with E-state index >= 15 is 0 Å². The predicted octanol–water partition coefficient (Wildman–Crippen LogP) is 7.79. The van der Waals surface area contributed by atoms with Crippen molar-refractivity contribution in [3.63, 3.8) is 0 Å². The minimum absolute atomic E-state index is 0.338. The summed E-state index contributed by atoms with van der Waals surface area (Å²) < 4.78 is 10.7. The summed E-state index contributed by atoms with van der Waals surface area (Å²) in [5, 5.41) is 0. The second-order valence-corrected chi connectivity index (χ2v) is 9.87. The molecular weight excluding hydrogens is 396 g/mol. The summed E-state index contributed by atoms with van der Waals surface area (Å²) in [7, 11) is 1.61. The van der Waals surface area contributed by atoms with E-state index in [1.165, 1.54) is 69.8 Å². The van der Waals surface area contributed by atoms with Crippen LogP contribution in [-0.2, 0) is 0 Å². The molecule has 0 spiro atoms. The zero-order valence-corrected chi connectivity index (χ0v) is 19.7. The minimum Gasteiger partial charge on any atom is -0.497 e. The molecule has 2 aromatic carbocycles. The molecule has 172 valence electrons. The van der Waals surface area contributed by atoms with Crippen molar-refractivity contribution in [2.24, 2.45) is 17.8 Å². The van der Waals surface area contributed by atoms with Crippen molar-refractivity contribution in [1.29, 1.82) is 0 Å². The van der Waals surface area contributed by atoms with Gasteiger partial charge < -0.3 is 9.47 Å². The van der Waals surface area contributed by atoms with Gasteiger partial charge in [-0.05, 0) is 104 Å². The van der Waals surface area contributed by atoms with Crippen molar-refractivity contribution in [2.75, 3.05) is 7.11 Å². The lowest BCUT2D eigenvalue weighted by Crippen LogP contribution is -2.25. The average molecular weight is 435 g/mol. The molecule has 3 nitrogen and oxygen atoms in total. The van der Waals surface area contributed by atoms with Gasteiger partial charge in [-0.15, -0.1) is 0 Å². The Labute approximate surface area is 193 Å². The van der Waals surface area contributed by atoms with Gasteiger partial charge in [-0.1, -0.05) is 44.7 Å². The van der Waals surface area contributed by atoms with Crippen LogP contribution in [-0.4, -0.2) is 13.1 Å². The van der Waals surface area contributed by atoms with Crippen LogP contribution >= 0.6 is 0 Å². The zero-order chi connectivity index (χ0) is 22.3. The van der Waals surface area contributed by atoms with Crippen LogP contribution in [0.3, 0.4) is 0 Å². The average Bonchev–Trinajstić information content (AvgIpc) is 2.85. The number of rotatable bonds is 7. The van der Waals surface area contributed by atoms with Crippen molar-refractivity contribution in [3.05, 3.63) is 59.7 Å². The van der Waals surface area contributed by atoms with Crippen molar-refractivity contribution in [2.45, 2.75) is 77.0 Å². The fraction of sp³-hybridized carbons (Fsp3) is 0.552. The van der Waals surface area contributed by atoms with E-state index in [9.17, 15) is 4.79 Å². The van der Waals surface area contributed by atoms with E-state index < -0.39 is 0 Å². The molecule has 2 aromatic rings. The summed E-state index contributed by atoms with van der Waals surface area (Å²) in [6, 6.07) is 15.2. The van der Waals surface area contributed by atoms with E-state index in [1.54, 1.807) is 31.4 Å². The number of ether oxygens (including phenoxy) is 2. The minimum atomic E-state index is -0.338. The van der Waals surface area contributed by atoms with E-state index in [-0.39, 0.29) is 5.97 Å². The van der Waals surface area contributed by atoms with Gasteiger partial charge in [-0.2, -0.15) is 0 Å². The molecule has 0 amide bonds. The lowest BCUT2D eigenvalue weighted by atomic mass is 9.68. The van der Waals surface area contributed by atoms with Crippen LogP contribution in [0.15, 0.2) is 48.5 Å². The highest BCUT2D eigenvalue weighted by atomic mass is 16.5. The van der Waals surface area contributed by atoms with E-state index in [1.807, 2.05) is 12.1 Å². The van der Waals surface area contributed by atoms with Crippen LogP contribution < -0.4 is 9.47 Å². The maximum absolute atomic E-state index is 12.4. The Morgan fingerprint density at radius 3 is 1.91 bits per heavy atom. The lowest BCUT2D eigenvalue weighted by molar-refractivity contribution is 0.0734. The molecule has 2 aliphatic rings. The molecule has 0 heterocycles. The summed E-state index contributed by atoms with van der Waals surface area (Å²) in [5.41, 5.74) is 1.91. The van der Waals surface area contributed by atoms with Crippen LogP contribution in [0.1, 0.15) is 93.0 Å². The number of hydrogen-bond acceptors (Lipinski definition) is 3. The number of methoxy groups -OCH3 is 1. The summed E-state index contributed by atoms with van der Waals surface area (Å²) in [6.07, 6.45) is 14.0. The Bertz CT molecular complexity index is 839. The van der Waals surface area contributed by atoms with Gasteiger partial charge in [0.2, 0.25) is 0 Å². The standard InChI is InChI=1S/C29H38O3/c1-3-4-21-5-7-22(8-6-21)23-9-11-24(12-10-23)25-13-19-28(20-14-25)32-29(30)26-15-17-27(31-2)18-16-26/h13-24H,3-12H2,1-2H3/t21-,22-,23-,24-. The van der Waals surface area contributed by atoms with E-state index in [4.69, 9.17) is 9.47 Å². The molecule has 0 bridgehead atoms. The highest BCUT2D eigenvalue weighted by molar-refractivity contribution is 5.91. The first-order chi connectivity index (χ1) is 15.7. The number of esters is 1. The molecule has 4 rings (SSSR count). The summed E-state index contributed by atoms with van der Waals surface area (Å²) in [6.45, 7) is 2.32. The van der Waals surface area contributed by atoms with Gasteiger partial charge in [0.25, 0.3) is 0 Å². The van der Waals surface area contributed by atoms with E-state index in [2.05, 4.69) is 19.1 Å². The Balaban J connectivity index is 1.25. The maximum atomic E-state index is 12.4. The van der Waals surface area contributed by atoms with Crippen molar-refractivity contribution >= 4 is 5.97 Å². The second kappa shape index (κ2) is 11.0. The lowest BCUT2D eigenvalue weighted by Gasteiger charge is -2.38. The normalized spacial score (nSPS) is 25.8. The fourth-order valence-corrected chi connectivity index (χ4v) is 5.98. The van der Waals surface area contributed by atoms with Gasteiger partial charge in [0.15, 0.2) is 0 Å². The summed E-state index contributed by atoms with van der Waals surface area (Å²) in [5.74, 6) is 4.56. The number of hydrogen-bond donors (Lipinski definition) is 0. The molecule has 0 aromatic heterocycles. The van der Waals surface area contributed by atoms with Crippen LogP contribution in [0.25, 0.3) is 0 Å². The van der Waals surface area contributed by atoms with Crippen molar-refractivity contribution in [3.8, 4) is 11.5 Å².